The number of ether oxygens (including phenoxy) is 1. The summed E-state index contributed by atoms with van der Waals surface area (Å²) in [6.07, 6.45) is 0.850. The third-order valence-corrected chi connectivity index (χ3v) is 3.41. The molecule has 0 amide bonds. The minimum atomic E-state index is -0.286. The van der Waals surface area contributed by atoms with Gasteiger partial charge in [0.25, 0.3) is 0 Å². The van der Waals surface area contributed by atoms with Crippen LogP contribution in [-0.2, 0) is 12.3 Å². The smallest absolute Gasteiger partial charge is 0.123 e. The first-order valence-corrected chi connectivity index (χ1v) is 6.75. The van der Waals surface area contributed by atoms with Crippen LogP contribution in [0.1, 0.15) is 11.1 Å². The van der Waals surface area contributed by atoms with E-state index >= 15 is 0 Å². The fourth-order valence-corrected chi connectivity index (χ4v) is 2.42. The molecule has 0 unspecified atom stereocenters. The van der Waals surface area contributed by atoms with E-state index in [0.717, 1.165) is 6.42 Å². The SMILES string of the molecule is Fc1ccc(OCCc2ccsc2)c(CCl)c1. The lowest BCUT2D eigenvalue weighted by atomic mass is 10.2. The number of hydrogen-bond donors (Lipinski definition) is 0. The molecule has 90 valence electrons. The van der Waals surface area contributed by atoms with Gasteiger partial charge in [0.2, 0.25) is 0 Å². The van der Waals surface area contributed by atoms with Gasteiger partial charge in [-0.2, -0.15) is 11.3 Å². The molecule has 4 heteroatoms. The Bertz CT molecular complexity index is 470. The van der Waals surface area contributed by atoms with Crippen molar-refractivity contribution in [2.45, 2.75) is 12.3 Å². The van der Waals surface area contributed by atoms with E-state index in [9.17, 15) is 4.39 Å². The molecule has 0 N–H and O–H groups in total. The molecule has 0 bridgehead atoms. The van der Waals surface area contributed by atoms with E-state index in [1.165, 1.54) is 17.7 Å². The highest BCUT2D eigenvalue weighted by Crippen LogP contribution is 2.21. The standard InChI is InChI=1S/C13H12ClFOS/c14-8-11-7-12(15)1-2-13(11)16-5-3-10-4-6-17-9-10/h1-2,4,6-7,9H,3,5,8H2. The third-order valence-electron chi connectivity index (χ3n) is 2.39. The minimum Gasteiger partial charge on any atom is -0.493 e. The van der Waals surface area contributed by atoms with Gasteiger partial charge >= 0.3 is 0 Å². The summed E-state index contributed by atoms with van der Waals surface area (Å²) in [5, 5.41) is 4.13. The second-order valence-electron chi connectivity index (χ2n) is 3.62. The molecule has 0 spiro atoms. The van der Waals surface area contributed by atoms with E-state index in [0.29, 0.717) is 17.9 Å². The average Bonchev–Trinajstić information content (AvgIpc) is 2.84. The first kappa shape index (κ1) is 12.4. The van der Waals surface area contributed by atoms with Gasteiger partial charge in [0.05, 0.1) is 12.5 Å². The topological polar surface area (TPSA) is 9.23 Å². The monoisotopic (exact) mass is 270 g/mol. The summed E-state index contributed by atoms with van der Waals surface area (Å²) in [6.45, 7) is 0.576. The van der Waals surface area contributed by atoms with Crippen LogP contribution in [0.3, 0.4) is 0 Å². The third kappa shape index (κ3) is 3.45. The lowest BCUT2D eigenvalue weighted by Crippen LogP contribution is -2.02. The van der Waals surface area contributed by atoms with Gasteiger partial charge in [0.15, 0.2) is 0 Å². The molecule has 0 saturated heterocycles. The molecule has 2 rings (SSSR count). The van der Waals surface area contributed by atoms with Crippen LogP contribution >= 0.6 is 22.9 Å². The molecule has 17 heavy (non-hydrogen) atoms. The van der Waals surface area contributed by atoms with Gasteiger partial charge in [-0.25, -0.2) is 4.39 Å². The predicted octanol–water partition coefficient (Wildman–Crippen LogP) is 4.25. The zero-order valence-corrected chi connectivity index (χ0v) is 10.7. The highest BCUT2D eigenvalue weighted by molar-refractivity contribution is 7.07. The largest absolute Gasteiger partial charge is 0.493 e. The van der Waals surface area contributed by atoms with Crippen molar-refractivity contribution in [3.05, 3.63) is 52.0 Å². The number of hydrogen-bond acceptors (Lipinski definition) is 2. The Morgan fingerprint density at radius 2 is 2.18 bits per heavy atom. The second-order valence-corrected chi connectivity index (χ2v) is 4.66. The number of halogens is 2. The summed E-state index contributed by atoms with van der Waals surface area (Å²) >= 11 is 7.41. The van der Waals surface area contributed by atoms with Crippen LogP contribution < -0.4 is 4.74 Å². The van der Waals surface area contributed by atoms with Crippen molar-refractivity contribution in [2.75, 3.05) is 6.61 Å². The molecule has 2 aromatic rings. The molecule has 1 aromatic heterocycles. The highest BCUT2D eigenvalue weighted by atomic mass is 35.5. The molecular weight excluding hydrogens is 259 g/mol. The molecular formula is C13H12ClFOS. The lowest BCUT2D eigenvalue weighted by molar-refractivity contribution is 0.319. The Kier molecular flexibility index (Phi) is 4.40. The van der Waals surface area contributed by atoms with Crippen LogP contribution in [0.25, 0.3) is 0 Å². The number of thiophene rings is 1. The minimum absolute atomic E-state index is 0.256. The molecule has 0 aliphatic carbocycles. The molecule has 0 radical (unpaired) electrons. The van der Waals surface area contributed by atoms with Crippen LogP contribution in [0.2, 0.25) is 0 Å². The maximum absolute atomic E-state index is 13.0. The van der Waals surface area contributed by atoms with Gasteiger partial charge in [0, 0.05) is 12.0 Å². The summed E-state index contributed by atoms with van der Waals surface area (Å²) < 4.78 is 18.6. The van der Waals surface area contributed by atoms with Crippen LogP contribution in [-0.4, -0.2) is 6.61 Å². The first-order valence-electron chi connectivity index (χ1n) is 5.28. The zero-order valence-electron chi connectivity index (χ0n) is 9.16. The summed E-state index contributed by atoms with van der Waals surface area (Å²) in [5.74, 6) is 0.633. The molecule has 1 heterocycles. The van der Waals surface area contributed by atoms with Gasteiger partial charge in [-0.05, 0) is 40.6 Å². The maximum Gasteiger partial charge on any atom is 0.123 e. The molecule has 0 atom stereocenters. The van der Waals surface area contributed by atoms with Gasteiger partial charge in [0.1, 0.15) is 11.6 Å². The van der Waals surface area contributed by atoms with E-state index < -0.39 is 0 Å². The second kappa shape index (κ2) is 6.03. The Labute approximate surface area is 109 Å². The Hall–Kier alpha value is -1.06. The number of rotatable bonds is 5. The molecule has 0 aliphatic heterocycles. The summed E-state index contributed by atoms with van der Waals surface area (Å²) in [4.78, 5) is 0. The van der Waals surface area contributed by atoms with Crippen molar-refractivity contribution in [1.82, 2.24) is 0 Å². The van der Waals surface area contributed by atoms with Gasteiger partial charge in [-0.1, -0.05) is 0 Å². The molecule has 0 fully saturated rings. The van der Waals surface area contributed by atoms with Crippen molar-refractivity contribution in [1.29, 1.82) is 0 Å². The summed E-state index contributed by atoms with van der Waals surface area (Å²) in [7, 11) is 0. The molecule has 1 aromatic carbocycles. The summed E-state index contributed by atoms with van der Waals surface area (Å²) in [6, 6.07) is 6.49. The highest BCUT2D eigenvalue weighted by Gasteiger charge is 2.04. The van der Waals surface area contributed by atoms with Crippen molar-refractivity contribution in [2.24, 2.45) is 0 Å². The maximum atomic E-state index is 13.0. The lowest BCUT2D eigenvalue weighted by Gasteiger charge is -2.09. The van der Waals surface area contributed by atoms with Crippen LogP contribution in [0.4, 0.5) is 4.39 Å². The van der Waals surface area contributed by atoms with E-state index in [-0.39, 0.29) is 11.7 Å². The molecule has 0 saturated carbocycles. The zero-order chi connectivity index (χ0) is 12.1. The van der Waals surface area contributed by atoms with Crippen molar-refractivity contribution < 1.29 is 9.13 Å². The van der Waals surface area contributed by atoms with E-state index in [2.05, 4.69) is 11.4 Å². The van der Waals surface area contributed by atoms with Crippen LogP contribution in [0.5, 0.6) is 5.75 Å². The van der Waals surface area contributed by atoms with Gasteiger partial charge in [-0.15, -0.1) is 11.6 Å². The Morgan fingerprint density at radius 1 is 1.29 bits per heavy atom. The van der Waals surface area contributed by atoms with Gasteiger partial charge < -0.3 is 4.74 Å². The predicted molar refractivity (Wildman–Crippen MR) is 69.5 cm³/mol. The van der Waals surface area contributed by atoms with Gasteiger partial charge in [-0.3, -0.25) is 0 Å². The van der Waals surface area contributed by atoms with Crippen molar-refractivity contribution in [3.8, 4) is 5.75 Å². The van der Waals surface area contributed by atoms with E-state index in [4.69, 9.17) is 16.3 Å². The van der Waals surface area contributed by atoms with Crippen LogP contribution in [0.15, 0.2) is 35.0 Å². The molecule has 0 aliphatic rings. The van der Waals surface area contributed by atoms with Crippen molar-refractivity contribution >= 4 is 22.9 Å². The quantitative estimate of drug-likeness (QED) is 0.738. The Balaban J connectivity index is 1.94. The average molecular weight is 271 g/mol. The number of benzene rings is 1. The van der Waals surface area contributed by atoms with Crippen LogP contribution in [0, 0.1) is 5.82 Å². The summed E-state index contributed by atoms with van der Waals surface area (Å²) in [5.41, 5.74) is 1.95. The Morgan fingerprint density at radius 3 is 2.88 bits per heavy atom. The fraction of sp³-hybridized carbons (Fsp3) is 0.231. The van der Waals surface area contributed by atoms with E-state index in [1.807, 2.05) is 5.38 Å². The van der Waals surface area contributed by atoms with E-state index in [1.54, 1.807) is 17.4 Å². The fourth-order valence-electron chi connectivity index (χ4n) is 1.51. The molecule has 1 nitrogen and oxygen atoms in total. The van der Waals surface area contributed by atoms with Crippen molar-refractivity contribution in [3.63, 3.8) is 0 Å². The first-order chi connectivity index (χ1) is 8.29. The number of alkyl halides is 1. The normalized spacial score (nSPS) is 10.5.